The first-order chi connectivity index (χ1) is 15.5. The molecule has 0 saturated carbocycles. The number of likely N-dealkylation sites (N-methyl/N-ethyl adjacent to an activating group) is 1. The molecule has 2 aromatic carbocycles. The first-order valence-corrected chi connectivity index (χ1v) is 11.5. The van der Waals surface area contributed by atoms with Crippen LogP contribution in [0.4, 0.5) is 11.4 Å². The van der Waals surface area contributed by atoms with Crippen molar-refractivity contribution >= 4 is 39.7 Å². The maximum atomic E-state index is 13.4. The van der Waals surface area contributed by atoms with Crippen LogP contribution in [0.2, 0.25) is 5.02 Å². The van der Waals surface area contributed by atoms with Crippen LogP contribution in [-0.4, -0.2) is 53.3 Å². The molecule has 0 spiro atoms. The summed E-state index contributed by atoms with van der Waals surface area (Å²) in [5.74, 6) is -0.359. The lowest BCUT2D eigenvalue weighted by molar-refractivity contribution is 0.102. The molecule has 1 aliphatic heterocycles. The van der Waals surface area contributed by atoms with Gasteiger partial charge in [-0.2, -0.15) is 5.10 Å². The van der Waals surface area contributed by atoms with Crippen LogP contribution in [-0.2, 0) is 6.54 Å². The van der Waals surface area contributed by atoms with Crippen LogP contribution in [0, 0.1) is 0 Å². The molecule has 2 heterocycles. The van der Waals surface area contributed by atoms with Gasteiger partial charge in [0.25, 0.3) is 11.5 Å². The van der Waals surface area contributed by atoms with Crippen LogP contribution >= 0.6 is 11.6 Å². The maximum Gasteiger partial charge on any atom is 0.276 e. The molecule has 8 heteroatoms. The number of hydrogen-bond acceptors (Lipinski definition) is 5. The Morgan fingerprint density at radius 1 is 1.06 bits per heavy atom. The molecule has 4 rings (SSSR count). The van der Waals surface area contributed by atoms with Crippen LogP contribution in [0.25, 0.3) is 10.8 Å². The number of anilines is 2. The third kappa shape index (κ3) is 4.49. The van der Waals surface area contributed by atoms with Crippen LogP contribution in [0.3, 0.4) is 0 Å². The van der Waals surface area contributed by atoms with Gasteiger partial charge in [-0.15, -0.1) is 0 Å². The number of amides is 1. The van der Waals surface area contributed by atoms with E-state index in [1.807, 2.05) is 25.1 Å². The van der Waals surface area contributed by atoms with Crippen LogP contribution in [0.15, 0.2) is 47.3 Å². The van der Waals surface area contributed by atoms with Crippen molar-refractivity contribution in [3.8, 4) is 0 Å². The van der Waals surface area contributed by atoms with E-state index < -0.39 is 0 Å². The summed E-state index contributed by atoms with van der Waals surface area (Å²) < 4.78 is 1.38. The first kappa shape index (κ1) is 22.3. The molecule has 7 nitrogen and oxygen atoms in total. The Kier molecular flexibility index (Phi) is 6.77. The Morgan fingerprint density at radius 2 is 1.78 bits per heavy atom. The predicted molar refractivity (Wildman–Crippen MR) is 130 cm³/mol. The number of carbonyl (C=O) groups is 1. The molecule has 1 fully saturated rings. The van der Waals surface area contributed by atoms with Gasteiger partial charge in [0.1, 0.15) is 0 Å². The number of nitrogens with zero attached hydrogens (tertiary/aromatic N) is 4. The smallest absolute Gasteiger partial charge is 0.276 e. The largest absolute Gasteiger partial charge is 0.367 e. The van der Waals surface area contributed by atoms with E-state index in [0.29, 0.717) is 28.0 Å². The second-order valence-corrected chi connectivity index (χ2v) is 8.40. The van der Waals surface area contributed by atoms with Crippen molar-refractivity contribution in [2.24, 2.45) is 0 Å². The monoisotopic (exact) mass is 453 g/mol. The van der Waals surface area contributed by atoms with E-state index >= 15 is 0 Å². The fourth-order valence-corrected chi connectivity index (χ4v) is 4.31. The Morgan fingerprint density at radius 3 is 2.47 bits per heavy atom. The average Bonchev–Trinajstić information content (AvgIpc) is 2.81. The van der Waals surface area contributed by atoms with Gasteiger partial charge in [0, 0.05) is 43.1 Å². The van der Waals surface area contributed by atoms with E-state index in [9.17, 15) is 9.59 Å². The average molecular weight is 454 g/mol. The molecule has 168 valence electrons. The number of piperazine rings is 1. The topological polar surface area (TPSA) is 70.5 Å². The van der Waals surface area contributed by atoms with Crippen LogP contribution < -0.4 is 15.8 Å². The van der Waals surface area contributed by atoms with E-state index in [1.165, 1.54) is 4.68 Å². The molecule has 1 N–H and O–H groups in total. The van der Waals surface area contributed by atoms with E-state index in [2.05, 4.69) is 27.1 Å². The lowest BCUT2D eigenvalue weighted by atomic mass is 10.1. The lowest BCUT2D eigenvalue weighted by Gasteiger charge is -2.36. The number of aryl methyl sites for hydroxylation is 1. The summed E-state index contributed by atoms with van der Waals surface area (Å²) in [5, 5.41) is 9.00. The summed E-state index contributed by atoms with van der Waals surface area (Å²) in [6.45, 7) is 9.32. The van der Waals surface area contributed by atoms with Crippen molar-refractivity contribution in [3.05, 3.63) is 63.5 Å². The molecule has 32 heavy (non-hydrogen) atoms. The Balaban J connectivity index is 1.69. The van der Waals surface area contributed by atoms with Crippen molar-refractivity contribution in [3.63, 3.8) is 0 Å². The predicted octanol–water partition coefficient (Wildman–Crippen LogP) is 3.85. The Hall–Kier alpha value is -2.90. The first-order valence-electron chi connectivity index (χ1n) is 11.1. The van der Waals surface area contributed by atoms with Gasteiger partial charge in [-0.25, -0.2) is 4.68 Å². The molecule has 0 bridgehead atoms. The molecule has 0 radical (unpaired) electrons. The van der Waals surface area contributed by atoms with Gasteiger partial charge in [-0.1, -0.05) is 43.6 Å². The molecule has 0 aliphatic carbocycles. The number of rotatable bonds is 6. The summed E-state index contributed by atoms with van der Waals surface area (Å²) >= 11 is 6.27. The number of hydrogen-bond donors (Lipinski definition) is 1. The lowest BCUT2D eigenvalue weighted by Crippen LogP contribution is -2.46. The highest BCUT2D eigenvalue weighted by Crippen LogP contribution is 2.30. The number of fused-ring (bicyclic) bond motifs is 1. The van der Waals surface area contributed by atoms with Gasteiger partial charge in [-0.3, -0.25) is 9.59 Å². The van der Waals surface area contributed by atoms with E-state index in [-0.39, 0.29) is 17.2 Å². The highest BCUT2D eigenvalue weighted by Gasteiger charge is 2.22. The normalized spacial score (nSPS) is 14.7. The molecule has 3 aromatic rings. The van der Waals surface area contributed by atoms with Crippen molar-refractivity contribution in [2.45, 2.75) is 26.8 Å². The number of carbonyl (C=O) groups excluding carboxylic acids is 1. The standard InChI is InChI=1S/C24H28ClN5O2/c1-3-11-30-24(32)19-8-6-5-7-18(19)22(27-30)23(31)26-20-16-17(25)9-10-21(20)29-14-12-28(4-2)13-15-29/h5-10,16H,3-4,11-15H2,1-2H3,(H,26,31). The van der Waals surface area contributed by atoms with Gasteiger partial charge >= 0.3 is 0 Å². The molecular formula is C24H28ClN5O2. The zero-order valence-corrected chi connectivity index (χ0v) is 19.2. The zero-order valence-electron chi connectivity index (χ0n) is 18.5. The molecule has 1 aliphatic rings. The fraction of sp³-hybridized carbons (Fsp3) is 0.375. The second-order valence-electron chi connectivity index (χ2n) is 7.96. The molecule has 0 atom stereocenters. The Labute approximate surface area is 192 Å². The quantitative estimate of drug-likeness (QED) is 0.613. The third-order valence-corrected chi connectivity index (χ3v) is 6.12. The van der Waals surface area contributed by atoms with E-state index in [4.69, 9.17) is 11.6 Å². The maximum absolute atomic E-state index is 13.4. The summed E-state index contributed by atoms with van der Waals surface area (Å²) in [7, 11) is 0. The SMILES string of the molecule is CCCn1nc(C(=O)Nc2cc(Cl)ccc2N2CCN(CC)CC2)c2ccccc2c1=O. The molecular weight excluding hydrogens is 426 g/mol. The van der Waals surface area contributed by atoms with Crippen LogP contribution in [0.5, 0.6) is 0 Å². The minimum Gasteiger partial charge on any atom is -0.367 e. The number of benzene rings is 2. The molecule has 1 saturated heterocycles. The van der Waals surface area contributed by atoms with Gasteiger partial charge in [-0.05, 0) is 37.2 Å². The molecule has 1 aromatic heterocycles. The van der Waals surface area contributed by atoms with E-state index in [0.717, 1.165) is 44.8 Å². The van der Waals surface area contributed by atoms with Crippen molar-refractivity contribution in [1.82, 2.24) is 14.7 Å². The van der Waals surface area contributed by atoms with Crippen molar-refractivity contribution in [1.29, 1.82) is 0 Å². The van der Waals surface area contributed by atoms with Gasteiger partial charge in [0.15, 0.2) is 5.69 Å². The second kappa shape index (κ2) is 9.71. The van der Waals surface area contributed by atoms with Gasteiger partial charge in [0.2, 0.25) is 0 Å². The van der Waals surface area contributed by atoms with Gasteiger partial charge in [0.05, 0.1) is 16.8 Å². The van der Waals surface area contributed by atoms with E-state index in [1.54, 1.807) is 24.3 Å². The third-order valence-electron chi connectivity index (χ3n) is 5.89. The fourth-order valence-electron chi connectivity index (χ4n) is 4.14. The number of aromatic nitrogens is 2. The number of nitrogens with one attached hydrogen (secondary N) is 1. The van der Waals surface area contributed by atoms with Gasteiger partial charge < -0.3 is 15.1 Å². The minimum absolute atomic E-state index is 0.184. The Bertz CT molecular complexity index is 1180. The highest BCUT2D eigenvalue weighted by atomic mass is 35.5. The highest BCUT2D eigenvalue weighted by molar-refractivity contribution is 6.31. The summed E-state index contributed by atoms with van der Waals surface area (Å²) in [6, 6.07) is 12.7. The van der Waals surface area contributed by atoms with Crippen molar-refractivity contribution in [2.75, 3.05) is 42.9 Å². The summed E-state index contributed by atoms with van der Waals surface area (Å²) in [4.78, 5) is 30.8. The molecule has 1 amide bonds. The minimum atomic E-state index is -0.359. The summed E-state index contributed by atoms with van der Waals surface area (Å²) in [6.07, 6.45) is 0.745. The van der Waals surface area contributed by atoms with Crippen molar-refractivity contribution < 1.29 is 4.79 Å². The number of halogens is 1. The summed E-state index contributed by atoms with van der Waals surface area (Å²) in [5.41, 5.74) is 1.63. The zero-order chi connectivity index (χ0) is 22.7. The van der Waals surface area contributed by atoms with Crippen LogP contribution in [0.1, 0.15) is 30.8 Å². The molecule has 0 unspecified atom stereocenters.